The minimum atomic E-state index is -4.44. The molecule has 0 aromatic heterocycles. The predicted octanol–water partition coefficient (Wildman–Crippen LogP) is 2.11. The third-order valence-corrected chi connectivity index (χ3v) is 3.44. The van der Waals surface area contributed by atoms with Crippen LogP contribution in [0.4, 0.5) is 18.9 Å². The van der Waals surface area contributed by atoms with E-state index in [1.165, 1.54) is 0 Å². The van der Waals surface area contributed by atoms with Crippen LogP contribution in [0.5, 0.6) is 0 Å². The van der Waals surface area contributed by atoms with Crippen molar-refractivity contribution in [1.82, 2.24) is 0 Å². The van der Waals surface area contributed by atoms with Crippen LogP contribution in [-0.4, -0.2) is 35.4 Å². The van der Waals surface area contributed by atoms with Crippen molar-refractivity contribution in [2.75, 3.05) is 5.73 Å². The van der Waals surface area contributed by atoms with E-state index in [9.17, 15) is 22.8 Å². The van der Waals surface area contributed by atoms with Crippen LogP contribution in [0.25, 0.3) is 0 Å². The summed E-state index contributed by atoms with van der Waals surface area (Å²) in [5, 5.41) is 8.30. The molecule has 134 valence electrons. The van der Waals surface area contributed by atoms with Gasteiger partial charge in [0.05, 0.1) is 0 Å². The van der Waals surface area contributed by atoms with Crippen molar-refractivity contribution in [2.24, 2.45) is 5.73 Å². The molecule has 1 aliphatic rings. The summed E-state index contributed by atoms with van der Waals surface area (Å²) in [6, 6.07) is 5.21. The number of hydrogen-bond acceptors (Lipinski definition) is 4. The molecule has 1 aromatic rings. The van der Waals surface area contributed by atoms with E-state index in [1.807, 2.05) is 13.0 Å². The van der Waals surface area contributed by atoms with E-state index >= 15 is 0 Å². The number of rotatable bonds is 3. The maximum Gasteiger partial charge on any atom is 0.414 e. The number of benzene rings is 1. The van der Waals surface area contributed by atoms with Gasteiger partial charge in [-0.15, -0.1) is 0 Å². The summed E-state index contributed by atoms with van der Waals surface area (Å²) < 4.78 is 39.9. The number of anilines is 1. The molecule has 1 saturated heterocycles. The lowest BCUT2D eigenvalue weighted by Gasteiger charge is -2.14. The average molecular weight is 348 g/mol. The third kappa shape index (κ3) is 5.41. The van der Waals surface area contributed by atoms with Crippen LogP contribution in [0.15, 0.2) is 18.2 Å². The summed E-state index contributed by atoms with van der Waals surface area (Å²) in [5.41, 5.74) is 12.7. The minimum Gasteiger partial charge on any atom is -0.479 e. The quantitative estimate of drug-likeness (QED) is 0.724. The summed E-state index contributed by atoms with van der Waals surface area (Å²) in [7, 11) is 0. The molecule has 5 N–H and O–H groups in total. The maximum atomic E-state index is 11.9. The lowest BCUT2D eigenvalue weighted by molar-refractivity contribution is -0.216. The van der Waals surface area contributed by atoms with Crippen molar-refractivity contribution < 1.29 is 32.6 Å². The minimum absolute atomic E-state index is 0.0699. The summed E-state index contributed by atoms with van der Waals surface area (Å²) in [6.07, 6.45) is -7.18. The molecular weight excluding hydrogens is 329 g/mol. The van der Waals surface area contributed by atoms with Crippen molar-refractivity contribution >= 4 is 17.6 Å². The fraction of sp³-hybridized carbons (Fsp3) is 0.467. The highest BCUT2D eigenvalue weighted by atomic mass is 19.4. The number of amides is 1. The number of halogens is 3. The Labute approximate surface area is 136 Å². The monoisotopic (exact) mass is 348 g/mol. The Morgan fingerprint density at radius 3 is 2.33 bits per heavy atom. The van der Waals surface area contributed by atoms with Crippen LogP contribution in [0.1, 0.15) is 35.7 Å². The first-order valence-corrected chi connectivity index (χ1v) is 7.19. The Balaban J connectivity index is 0.000000240. The van der Waals surface area contributed by atoms with Crippen LogP contribution in [0.3, 0.4) is 0 Å². The molecule has 0 bridgehead atoms. The molecule has 1 heterocycles. The molecule has 6 nitrogen and oxygen atoms in total. The second kappa shape index (κ2) is 8.00. The van der Waals surface area contributed by atoms with Crippen molar-refractivity contribution in [1.29, 1.82) is 0 Å². The molecule has 0 radical (unpaired) electrons. The molecule has 0 spiro atoms. The Hall–Kier alpha value is -2.29. The fourth-order valence-electron chi connectivity index (χ4n) is 2.19. The van der Waals surface area contributed by atoms with Crippen LogP contribution in [-0.2, 0) is 16.0 Å². The summed E-state index contributed by atoms with van der Waals surface area (Å²) >= 11 is 0. The first kappa shape index (κ1) is 19.8. The smallest absolute Gasteiger partial charge is 0.414 e. The molecule has 1 amide bonds. The van der Waals surface area contributed by atoms with Gasteiger partial charge in [0.2, 0.25) is 5.91 Å². The van der Waals surface area contributed by atoms with Crippen molar-refractivity contribution in [2.45, 2.75) is 44.6 Å². The molecule has 0 aliphatic carbocycles. The number of carbonyl (C=O) groups excluding carboxylic acids is 1. The van der Waals surface area contributed by atoms with E-state index < -0.39 is 30.3 Å². The average Bonchev–Trinajstić information content (AvgIpc) is 2.98. The van der Waals surface area contributed by atoms with Gasteiger partial charge in [-0.3, -0.25) is 4.79 Å². The van der Waals surface area contributed by atoms with Gasteiger partial charge in [0.25, 0.3) is 0 Å². The Morgan fingerprint density at radius 2 is 1.96 bits per heavy atom. The number of nitrogens with two attached hydrogens (primary N) is 2. The number of carboxylic acid groups (broad SMARTS) is 1. The Kier molecular flexibility index (Phi) is 6.59. The number of carbonyl (C=O) groups is 2. The lowest BCUT2D eigenvalue weighted by Crippen LogP contribution is -2.30. The molecule has 1 aliphatic heterocycles. The third-order valence-electron chi connectivity index (χ3n) is 3.44. The molecule has 1 fully saturated rings. The van der Waals surface area contributed by atoms with Crippen LogP contribution in [0, 0.1) is 0 Å². The number of aliphatic carboxylic acids is 1. The van der Waals surface area contributed by atoms with Crippen molar-refractivity contribution in [3.8, 4) is 0 Å². The van der Waals surface area contributed by atoms with Gasteiger partial charge < -0.3 is 21.3 Å². The van der Waals surface area contributed by atoms with Gasteiger partial charge >= 0.3 is 12.1 Å². The zero-order valence-corrected chi connectivity index (χ0v) is 13.0. The summed E-state index contributed by atoms with van der Waals surface area (Å²) in [5.74, 6) is -1.75. The largest absolute Gasteiger partial charge is 0.479 e. The predicted molar refractivity (Wildman–Crippen MR) is 80.3 cm³/mol. The molecule has 9 heteroatoms. The van der Waals surface area contributed by atoms with Gasteiger partial charge in [-0.2, -0.15) is 13.2 Å². The van der Waals surface area contributed by atoms with Gasteiger partial charge in [-0.25, -0.2) is 4.79 Å². The highest BCUT2D eigenvalue weighted by Crippen LogP contribution is 2.33. The first-order chi connectivity index (χ1) is 11.1. The molecule has 2 rings (SSSR count). The Bertz CT molecular complexity index is 605. The van der Waals surface area contributed by atoms with Crippen LogP contribution >= 0.6 is 0 Å². The maximum absolute atomic E-state index is 11.9. The first-order valence-electron chi connectivity index (χ1n) is 7.19. The zero-order chi connectivity index (χ0) is 18.5. The Morgan fingerprint density at radius 1 is 1.33 bits per heavy atom. The SMILES string of the molecule is CCc1ccc(N)cc1C(N)=O.O=C(O)C1CCC(C(F)(F)F)O1. The highest BCUT2D eigenvalue weighted by Gasteiger charge is 2.47. The second-order valence-corrected chi connectivity index (χ2v) is 5.20. The molecule has 1 aromatic carbocycles. The van der Waals surface area contributed by atoms with E-state index in [0.29, 0.717) is 11.3 Å². The van der Waals surface area contributed by atoms with Gasteiger partial charge in [0.1, 0.15) is 0 Å². The highest BCUT2D eigenvalue weighted by molar-refractivity contribution is 5.95. The van der Waals surface area contributed by atoms with E-state index in [-0.39, 0.29) is 12.8 Å². The molecule has 0 saturated carbocycles. The van der Waals surface area contributed by atoms with Crippen LogP contribution in [0.2, 0.25) is 0 Å². The fourth-order valence-corrected chi connectivity index (χ4v) is 2.19. The number of ether oxygens (including phenoxy) is 1. The summed E-state index contributed by atoms with van der Waals surface area (Å²) in [4.78, 5) is 21.1. The number of nitrogen functional groups attached to an aromatic ring is 1. The van der Waals surface area contributed by atoms with Gasteiger partial charge in [-0.05, 0) is 37.0 Å². The van der Waals surface area contributed by atoms with Crippen molar-refractivity contribution in [3.05, 3.63) is 29.3 Å². The standard InChI is InChI=1S/C9H12N2O.C6H7F3O3/c1-2-6-3-4-7(10)5-8(6)9(11)12;7-6(8,9)4-2-1-3(12-4)5(10)11/h3-5H,2,10H2,1H3,(H2,11,12);3-4H,1-2H2,(H,10,11). The van der Waals surface area contributed by atoms with Gasteiger partial charge in [0, 0.05) is 11.3 Å². The normalized spacial score (nSPS) is 20.2. The van der Waals surface area contributed by atoms with Crippen molar-refractivity contribution in [3.63, 3.8) is 0 Å². The molecular formula is C15H19F3N2O4. The number of alkyl halides is 3. The number of primary amides is 1. The van der Waals surface area contributed by atoms with E-state index in [0.717, 1.165) is 12.0 Å². The van der Waals surface area contributed by atoms with E-state index in [4.69, 9.17) is 16.6 Å². The van der Waals surface area contributed by atoms with Crippen LogP contribution < -0.4 is 11.5 Å². The van der Waals surface area contributed by atoms with E-state index in [2.05, 4.69) is 4.74 Å². The molecule has 2 unspecified atom stereocenters. The molecule has 24 heavy (non-hydrogen) atoms. The second-order valence-electron chi connectivity index (χ2n) is 5.20. The number of hydrogen-bond donors (Lipinski definition) is 3. The number of aryl methyl sites for hydroxylation is 1. The topological polar surface area (TPSA) is 116 Å². The lowest BCUT2D eigenvalue weighted by atomic mass is 10.0. The zero-order valence-electron chi connectivity index (χ0n) is 13.0. The summed E-state index contributed by atoms with van der Waals surface area (Å²) in [6.45, 7) is 1.97. The van der Waals surface area contributed by atoms with E-state index in [1.54, 1.807) is 12.1 Å². The molecule has 2 atom stereocenters. The number of carboxylic acids is 1. The van der Waals surface area contributed by atoms with Gasteiger partial charge in [0.15, 0.2) is 12.2 Å². The van der Waals surface area contributed by atoms with Gasteiger partial charge in [-0.1, -0.05) is 13.0 Å².